The van der Waals surface area contributed by atoms with Crippen molar-refractivity contribution in [3.63, 3.8) is 0 Å². The minimum atomic E-state index is -5.07. The Kier molecular flexibility index (Phi) is 6.32. The summed E-state index contributed by atoms with van der Waals surface area (Å²) in [5.41, 5.74) is -0.137. The highest BCUT2D eigenvalue weighted by molar-refractivity contribution is 7.90. The number of hydrogen-bond donors (Lipinski definition) is 0. The van der Waals surface area contributed by atoms with Crippen molar-refractivity contribution >= 4 is 21.4 Å². The molecule has 0 spiro atoms. The van der Waals surface area contributed by atoms with Crippen LogP contribution >= 0.6 is 0 Å². The lowest BCUT2D eigenvalue weighted by Crippen LogP contribution is -2.49. The van der Waals surface area contributed by atoms with Crippen LogP contribution in [0.25, 0.3) is 0 Å². The molecule has 0 aromatic heterocycles. The number of hydrogen-bond acceptors (Lipinski definition) is 6. The number of nitrogens with zero attached hydrogens (tertiary/aromatic N) is 3. The second-order valence-electron chi connectivity index (χ2n) is 7.03. The van der Waals surface area contributed by atoms with Crippen molar-refractivity contribution in [3.05, 3.63) is 53.3 Å². The van der Waals surface area contributed by atoms with Gasteiger partial charge in [-0.25, -0.2) is 12.8 Å². The Bertz CT molecular complexity index is 1180. The molecule has 1 fully saturated rings. The van der Waals surface area contributed by atoms with Crippen molar-refractivity contribution < 1.29 is 35.5 Å². The predicted molar refractivity (Wildman–Crippen MR) is 105 cm³/mol. The number of nitriles is 1. The predicted octanol–water partition coefficient (Wildman–Crippen LogP) is 2.96. The Morgan fingerprint density at radius 3 is 2.28 bits per heavy atom. The van der Waals surface area contributed by atoms with Crippen LogP contribution in [0.4, 0.5) is 23.2 Å². The summed E-state index contributed by atoms with van der Waals surface area (Å²) in [6, 6.07) is 8.40. The molecule has 2 aromatic carbocycles. The van der Waals surface area contributed by atoms with Crippen molar-refractivity contribution in [2.24, 2.45) is 0 Å². The molecule has 1 aliphatic rings. The second-order valence-corrected chi connectivity index (χ2v) is 9.05. The van der Waals surface area contributed by atoms with Gasteiger partial charge in [0, 0.05) is 38.1 Å². The lowest BCUT2D eigenvalue weighted by Gasteiger charge is -2.36. The first-order valence-corrected chi connectivity index (χ1v) is 11.1. The number of anilines is 1. The zero-order chi connectivity index (χ0) is 23.7. The Hall–Kier alpha value is -3.33. The summed E-state index contributed by atoms with van der Waals surface area (Å²) < 4.78 is 79.7. The van der Waals surface area contributed by atoms with E-state index in [2.05, 4.69) is 4.74 Å². The Labute approximate surface area is 181 Å². The molecule has 1 amide bonds. The molecule has 0 radical (unpaired) electrons. The minimum Gasteiger partial charge on any atom is -0.405 e. The molecule has 12 heteroatoms. The molecule has 0 N–H and O–H groups in total. The smallest absolute Gasteiger partial charge is 0.405 e. The average Bonchev–Trinajstić information content (AvgIpc) is 2.71. The van der Waals surface area contributed by atoms with E-state index in [1.54, 1.807) is 17.0 Å². The third-order valence-corrected chi connectivity index (χ3v) is 5.95. The summed E-state index contributed by atoms with van der Waals surface area (Å²) in [6.07, 6.45) is -4.20. The zero-order valence-corrected chi connectivity index (χ0v) is 17.5. The molecule has 32 heavy (non-hydrogen) atoms. The molecule has 2 aromatic rings. The fourth-order valence-corrected chi connectivity index (χ4v) is 3.90. The summed E-state index contributed by atoms with van der Waals surface area (Å²) >= 11 is 0. The molecule has 1 aliphatic heterocycles. The van der Waals surface area contributed by atoms with Crippen LogP contribution in [0.2, 0.25) is 0 Å². The van der Waals surface area contributed by atoms with Crippen LogP contribution in [0.15, 0.2) is 41.3 Å². The summed E-state index contributed by atoms with van der Waals surface area (Å²) in [5.74, 6) is -2.30. The van der Waals surface area contributed by atoms with E-state index in [1.807, 2.05) is 0 Å². The monoisotopic (exact) mass is 471 g/mol. The molecule has 0 atom stereocenters. The fraction of sp³-hybridized carbons (Fsp3) is 0.300. The number of halogens is 4. The van der Waals surface area contributed by atoms with Gasteiger partial charge in [0.15, 0.2) is 9.84 Å². The zero-order valence-electron chi connectivity index (χ0n) is 16.7. The molecule has 1 heterocycles. The minimum absolute atomic E-state index is 0.0923. The van der Waals surface area contributed by atoms with Gasteiger partial charge in [0.1, 0.15) is 17.6 Å². The largest absolute Gasteiger partial charge is 0.573 e. The van der Waals surface area contributed by atoms with Gasteiger partial charge >= 0.3 is 6.36 Å². The van der Waals surface area contributed by atoms with Gasteiger partial charge in [0.2, 0.25) is 0 Å². The Balaban J connectivity index is 1.82. The Morgan fingerprint density at radius 2 is 1.75 bits per heavy atom. The van der Waals surface area contributed by atoms with Gasteiger partial charge in [-0.1, -0.05) is 0 Å². The maximum absolute atomic E-state index is 13.9. The number of piperazine rings is 1. The van der Waals surface area contributed by atoms with E-state index >= 15 is 0 Å². The maximum Gasteiger partial charge on any atom is 0.573 e. The van der Waals surface area contributed by atoms with Crippen LogP contribution in [0.1, 0.15) is 15.9 Å². The molecule has 7 nitrogen and oxygen atoms in total. The lowest BCUT2D eigenvalue weighted by molar-refractivity contribution is -0.274. The number of ether oxygens (including phenoxy) is 1. The van der Waals surface area contributed by atoms with Crippen LogP contribution in [-0.4, -0.2) is 58.0 Å². The van der Waals surface area contributed by atoms with Crippen LogP contribution in [0.5, 0.6) is 5.75 Å². The first-order chi connectivity index (χ1) is 14.9. The normalized spacial score (nSPS) is 14.8. The highest BCUT2D eigenvalue weighted by Gasteiger charge is 2.34. The van der Waals surface area contributed by atoms with Crippen molar-refractivity contribution in [2.45, 2.75) is 11.3 Å². The second kappa shape index (κ2) is 8.66. The van der Waals surface area contributed by atoms with Crippen LogP contribution in [0, 0.1) is 17.1 Å². The van der Waals surface area contributed by atoms with Gasteiger partial charge in [-0.05, 0) is 36.4 Å². The molecule has 170 valence electrons. The van der Waals surface area contributed by atoms with E-state index in [-0.39, 0.29) is 36.6 Å². The van der Waals surface area contributed by atoms with E-state index in [4.69, 9.17) is 5.26 Å². The first kappa shape index (κ1) is 23.3. The van der Waals surface area contributed by atoms with Crippen molar-refractivity contribution in [1.29, 1.82) is 5.26 Å². The lowest BCUT2D eigenvalue weighted by atomic mass is 10.1. The molecule has 0 saturated carbocycles. The average molecular weight is 471 g/mol. The molecular weight excluding hydrogens is 454 g/mol. The van der Waals surface area contributed by atoms with Crippen molar-refractivity contribution in [3.8, 4) is 11.8 Å². The SMILES string of the molecule is CS(=O)(=O)c1ccc(OC(F)(F)F)c(C(=O)N2CCN(c3ccc(C#N)c(F)c3)CC2)c1. The number of rotatable bonds is 4. The molecular formula is C20H17F4N3O4S. The molecule has 0 aliphatic carbocycles. The number of alkyl halides is 3. The highest BCUT2D eigenvalue weighted by Crippen LogP contribution is 2.30. The standard InChI is InChI=1S/C20H17F4N3O4S/c1-32(29,30)15-4-5-18(31-20(22,23)24)16(11-15)19(28)27-8-6-26(7-9-27)14-3-2-13(12-25)17(21)10-14/h2-5,10-11H,6-9H2,1H3. The Morgan fingerprint density at radius 1 is 1.09 bits per heavy atom. The number of amides is 1. The highest BCUT2D eigenvalue weighted by atomic mass is 32.2. The van der Waals surface area contributed by atoms with Crippen molar-refractivity contribution in [1.82, 2.24) is 4.90 Å². The van der Waals surface area contributed by atoms with E-state index in [0.717, 1.165) is 24.5 Å². The van der Waals surface area contributed by atoms with E-state index in [1.165, 1.54) is 17.0 Å². The van der Waals surface area contributed by atoms with Gasteiger partial charge in [0.05, 0.1) is 16.0 Å². The fourth-order valence-electron chi connectivity index (χ4n) is 3.25. The molecule has 3 rings (SSSR count). The van der Waals surface area contributed by atoms with Gasteiger partial charge < -0.3 is 14.5 Å². The summed E-state index contributed by atoms with van der Waals surface area (Å²) in [4.78, 5) is 15.6. The summed E-state index contributed by atoms with van der Waals surface area (Å²) in [5, 5.41) is 8.82. The topological polar surface area (TPSA) is 90.7 Å². The molecule has 1 saturated heterocycles. The summed E-state index contributed by atoms with van der Waals surface area (Å²) in [6.45, 7) is 0.681. The van der Waals surface area contributed by atoms with E-state index in [9.17, 15) is 30.8 Å². The third-order valence-electron chi connectivity index (χ3n) is 4.84. The molecule has 0 unspecified atom stereocenters. The van der Waals surface area contributed by atoms with Crippen LogP contribution in [-0.2, 0) is 9.84 Å². The quantitative estimate of drug-likeness (QED) is 0.637. The van der Waals surface area contributed by atoms with Crippen LogP contribution in [0.3, 0.4) is 0 Å². The summed E-state index contributed by atoms with van der Waals surface area (Å²) in [7, 11) is -3.78. The van der Waals surface area contributed by atoms with Gasteiger partial charge in [0.25, 0.3) is 5.91 Å². The number of sulfone groups is 1. The number of benzene rings is 2. The number of carbonyl (C=O) groups excluding carboxylic acids is 1. The third kappa shape index (κ3) is 5.28. The van der Waals surface area contributed by atoms with Gasteiger partial charge in [-0.3, -0.25) is 4.79 Å². The maximum atomic E-state index is 13.9. The number of carbonyl (C=O) groups is 1. The van der Waals surface area contributed by atoms with E-state index in [0.29, 0.717) is 5.69 Å². The van der Waals surface area contributed by atoms with Crippen LogP contribution < -0.4 is 9.64 Å². The van der Waals surface area contributed by atoms with Gasteiger partial charge in [-0.15, -0.1) is 13.2 Å². The first-order valence-electron chi connectivity index (χ1n) is 9.23. The van der Waals surface area contributed by atoms with E-state index < -0.39 is 39.2 Å². The molecule has 0 bridgehead atoms. The van der Waals surface area contributed by atoms with Crippen molar-refractivity contribution in [2.75, 3.05) is 37.3 Å². The van der Waals surface area contributed by atoms with Gasteiger partial charge in [-0.2, -0.15) is 5.26 Å².